The van der Waals surface area contributed by atoms with Gasteiger partial charge in [0.05, 0.1) is 6.04 Å². The van der Waals surface area contributed by atoms with E-state index in [1.54, 1.807) is 0 Å². The van der Waals surface area contributed by atoms with Gasteiger partial charge in [-0.1, -0.05) is 27.7 Å². The zero-order valence-electron chi connectivity index (χ0n) is 18.7. The van der Waals surface area contributed by atoms with Gasteiger partial charge in [0.15, 0.2) is 5.96 Å². The molecular weight excluding hydrogens is 390 g/mol. The predicted molar refractivity (Wildman–Crippen MR) is 114 cm³/mol. The fraction of sp³-hybridized carbons (Fsp3) is 0.905. The predicted octanol–water partition coefficient (Wildman–Crippen LogP) is 1.86. The molecule has 2 saturated heterocycles. The number of hydrogen-bond donors (Lipinski definition) is 4. The molecule has 0 radical (unpaired) electrons. The average molecular weight is 429 g/mol. The van der Waals surface area contributed by atoms with Crippen molar-refractivity contribution in [3.8, 4) is 0 Å². The molecule has 3 aliphatic rings. The number of piperidine rings is 1. The van der Waals surface area contributed by atoms with Crippen molar-refractivity contribution in [2.24, 2.45) is 16.3 Å². The molecule has 0 spiro atoms. The fourth-order valence-corrected chi connectivity index (χ4v) is 4.51. The number of hydrazine groups is 1. The number of halogens is 2. The quantitative estimate of drug-likeness (QED) is 0.406. The van der Waals surface area contributed by atoms with Crippen molar-refractivity contribution in [2.45, 2.75) is 90.4 Å². The topological polar surface area (TPSA) is 80.8 Å². The van der Waals surface area contributed by atoms with Crippen LogP contribution in [0.3, 0.4) is 0 Å². The maximum atomic E-state index is 13.8. The summed E-state index contributed by atoms with van der Waals surface area (Å²) in [5, 5.41) is 12.1. The van der Waals surface area contributed by atoms with Crippen LogP contribution in [0.1, 0.15) is 59.8 Å². The number of carbonyl (C=O) groups excluding carboxylic acids is 1. The van der Waals surface area contributed by atoms with Gasteiger partial charge in [-0.15, -0.1) is 0 Å². The summed E-state index contributed by atoms with van der Waals surface area (Å²) in [7, 11) is 0. The first-order valence-corrected chi connectivity index (χ1v) is 11.3. The Bertz CT molecular complexity index is 625. The van der Waals surface area contributed by atoms with Crippen LogP contribution in [0.5, 0.6) is 0 Å². The van der Waals surface area contributed by atoms with Gasteiger partial charge in [0.25, 0.3) is 0 Å². The van der Waals surface area contributed by atoms with E-state index < -0.39 is 18.3 Å². The minimum atomic E-state index is -1.57. The molecule has 0 bridgehead atoms. The highest BCUT2D eigenvalue weighted by molar-refractivity contribution is 5.98. The zero-order valence-corrected chi connectivity index (χ0v) is 18.7. The van der Waals surface area contributed by atoms with E-state index in [1.165, 1.54) is 0 Å². The van der Waals surface area contributed by atoms with Crippen LogP contribution in [0.15, 0.2) is 4.99 Å². The SMILES string of the molecule is CCN1NC(NC(=NCC(C)(C)C)NC(=O)C2CCC(F)C(F)C2)C2NCCCC21. The van der Waals surface area contributed by atoms with Crippen molar-refractivity contribution >= 4 is 11.9 Å². The first kappa shape index (κ1) is 23.3. The Hall–Kier alpha value is -1.32. The molecule has 0 aromatic rings. The number of amides is 1. The summed E-state index contributed by atoms with van der Waals surface area (Å²) in [5.41, 5.74) is 3.45. The number of nitrogens with zero attached hydrogens (tertiary/aromatic N) is 2. The lowest BCUT2D eigenvalue weighted by Crippen LogP contribution is -2.59. The lowest BCUT2D eigenvalue weighted by molar-refractivity contribution is -0.125. The van der Waals surface area contributed by atoms with E-state index in [4.69, 9.17) is 0 Å². The normalized spacial score (nSPS) is 35.7. The molecule has 1 amide bonds. The van der Waals surface area contributed by atoms with E-state index in [0.29, 0.717) is 25.0 Å². The van der Waals surface area contributed by atoms with Crippen molar-refractivity contribution in [2.75, 3.05) is 19.6 Å². The molecule has 2 aliphatic heterocycles. The summed E-state index contributed by atoms with van der Waals surface area (Å²) < 4.78 is 27.3. The third-order valence-corrected chi connectivity index (χ3v) is 6.19. The minimum Gasteiger partial charge on any atom is -0.338 e. The second-order valence-corrected chi connectivity index (χ2v) is 9.98. The number of guanidine groups is 1. The van der Waals surface area contributed by atoms with Crippen molar-refractivity contribution in [3.05, 3.63) is 0 Å². The van der Waals surface area contributed by atoms with Crippen molar-refractivity contribution in [3.63, 3.8) is 0 Å². The Morgan fingerprint density at radius 1 is 1.20 bits per heavy atom. The Morgan fingerprint density at radius 3 is 2.63 bits per heavy atom. The van der Waals surface area contributed by atoms with Crippen LogP contribution >= 0.6 is 0 Å². The smallest absolute Gasteiger partial charge is 0.229 e. The van der Waals surface area contributed by atoms with Gasteiger partial charge in [-0.2, -0.15) is 0 Å². The number of aliphatic imine (C=N–C) groups is 1. The highest BCUT2D eigenvalue weighted by atomic mass is 19.2. The molecule has 6 atom stereocenters. The number of rotatable bonds is 4. The molecule has 7 nitrogen and oxygen atoms in total. The third-order valence-electron chi connectivity index (χ3n) is 6.19. The standard InChI is InChI=1S/C21H38F2N6O/c1-5-29-16-7-6-10-24-17(16)18(28-29)26-20(25-12-21(2,3)4)27-19(30)13-8-9-14(22)15(23)11-13/h13-18,24,28H,5-12H2,1-4H3,(H2,25,26,27,30). The van der Waals surface area contributed by atoms with E-state index in [9.17, 15) is 13.6 Å². The van der Waals surface area contributed by atoms with Crippen LogP contribution in [0, 0.1) is 11.3 Å². The van der Waals surface area contributed by atoms with Gasteiger partial charge in [0, 0.05) is 25.0 Å². The van der Waals surface area contributed by atoms with E-state index in [1.807, 2.05) is 0 Å². The molecule has 0 aromatic carbocycles. The number of carbonyl (C=O) groups is 1. The van der Waals surface area contributed by atoms with Gasteiger partial charge in [-0.05, 0) is 44.1 Å². The maximum absolute atomic E-state index is 13.8. The zero-order chi connectivity index (χ0) is 21.9. The Balaban J connectivity index is 1.69. The minimum absolute atomic E-state index is 0.0435. The Kier molecular flexibility index (Phi) is 7.68. The molecule has 9 heteroatoms. The van der Waals surface area contributed by atoms with Crippen LogP contribution in [0.4, 0.5) is 8.78 Å². The molecule has 30 heavy (non-hydrogen) atoms. The second-order valence-electron chi connectivity index (χ2n) is 9.98. The number of likely N-dealkylation sites (N-methyl/N-ethyl adjacent to an activating group) is 1. The van der Waals surface area contributed by atoms with Crippen LogP contribution in [-0.4, -0.2) is 67.1 Å². The van der Waals surface area contributed by atoms with E-state index in [2.05, 4.69) is 59.1 Å². The molecule has 3 rings (SSSR count). The van der Waals surface area contributed by atoms with Crippen molar-refractivity contribution in [1.29, 1.82) is 0 Å². The van der Waals surface area contributed by atoms with Crippen LogP contribution in [-0.2, 0) is 4.79 Å². The van der Waals surface area contributed by atoms with Gasteiger partial charge >= 0.3 is 0 Å². The maximum Gasteiger partial charge on any atom is 0.229 e. The lowest BCUT2D eigenvalue weighted by atomic mass is 9.86. The molecule has 6 unspecified atom stereocenters. The molecule has 172 valence electrons. The summed E-state index contributed by atoms with van der Waals surface area (Å²) in [6.45, 7) is 10.7. The highest BCUT2D eigenvalue weighted by Gasteiger charge is 2.42. The number of fused-ring (bicyclic) bond motifs is 1. The molecule has 3 fully saturated rings. The highest BCUT2D eigenvalue weighted by Crippen LogP contribution is 2.29. The summed E-state index contributed by atoms with van der Waals surface area (Å²) in [4.78, 5) is 17.4. The largest absolute Gasteiger partial charge is 0.338 e. The first-order valence-electron chi connectivity index (χ1n) is 11.3. The summed E-state index contributed by atoms with van der Waals surface area (Å²) in [6, 6.07) is 0.584. The molecule has 1 aliphatic carbocycles. The Labute approximate surface area is 178 Å². The molecule has 2 heterocycles. The van der Waals surface area contributed by atoms with Gasteiger partial charge in [-0.25, -0.2) is 19.2 Å². The van der Waals surface area contributed by atoms with Gasteiger partial charge < -0.3 is 10.6 Å². The summed E-state index contributed by atoms with van der Waals surface area (Å²) >= 11 is 0. The summed E-state index contributed by atoms with van der Waals surface area (Å²) in [5.74, 6) is -0.421. The van der Waals surface area contributed by atoms with Gasteiger partial charge in [0.2, 0.25) is 5.91 Å². The molecule has 1 saturated carbocycles. The van der Waals surface area contributed by atoms with Gasteiger partial charge in [-0.3, -0.25) is 15.1 Å². The lowest BCUT2D eigenvalue weighted by Gasteiger charge is -2.32. The Morgan fingerprint density at radius 2 is 1.97 bits per heavy atom. The number of nitrogens with one attached hydrogen (secondary N) is 4. The summed E-state index contributed by atoms with van der Waals surface area (Å²) in [6.07, 6.45) is -0.515. The number of hydrogen-bond acceptors (Lipinski definition) is 5. The van der Waals surface area contributed by atoms with E-state index in [-0.39, 0.29) is 36.4 Å². The van der Waals surface area contributed by atoms with Crippen LogP contribution in [0.2, 0.25) is 0 Å². The van der Waals surface area contributed by atoms with Gasteiger partial charge in [0.1, 0.15) is 18.5 Å². The molecule has 0 aromatic heterocycles. The van der Waals surface area contributed by atoms with Crippen LogP contribution < -0.4 is 21.4 Å². The first-order chi connectivity index (χ1) is 14.2. The third kappa shape index (κ3) is 5.88. The molecule has 4 N–H and O–H groups in total. The monoisotopic (exact) mass is 428 g/mol. The van der Waals surface area contributed by atoms with Crippen molar-refractivity contribution in [1.82, 2.24) is 26.4 Å². The second kappa shape index (κ2) is 9.87. The van der Waals surface area contributed by atoms with E-state index >= 15 is 0 Å². The van der Waals surface area contributed by atoms with Crippen LogP contribution in [0.25, 0.3) is 0 Å². The molecular formula is C21H38F2N6O. The average Bonchev–Trinajstić information content (AvgIpc) is 3.05. The van der Waals surface area contributed by atoms with E-state index in [0.717, 1.165) is 25.9 Å². The fourth-order valence-electron chi connectivity index (χ4n) is 4.51. The van der Waals surface area contributed by atoms with Crippen molar-refractivity contribution < 1.29 is 13.6 Å². The number of alkyl halides is 2.